The van der Waals surface area contributed by atoms with Gasteiger partial charge in [-0.1, -0.05) is 24.3 Å². The quantitative estimate of drug-likeness (QED) is 0.924. The van der Waals surface area contributed by atoms with Crippen LogP contribution in [0.4, 0.5) is 10.1 Å². The highest BCUT2D eigenvalue weighted by Crippen LogP contribution is 2.29. The minimum atomic E-state index is -3.80. The third kappa shape index (κ3) is 2.60. The van der Waals surface area contributed by atoms with Crippen LogP contribution in [-0.2, 0) is 16.6 Å². The summed E-state index contributed by atoms with van der Waals surface area (Å²) in [5, 5.41) is 3.20. The highest BCUT2D eigenvalue weighted by atomic mass is 32.2. The maximum atomic E-state index is 13.5. The number of fused-ring (bicyclic) bond motifs is 1. The first-order chi connectivity index (χ1) is 10.5. The third-order valence-electron chi connectivity index (χ3n) is 3.79. The van der Waals surface area contributed by atoms with E-state index in [0.717, 1.165) is 11.6 Å². The van der Waals surface area contributed by atoms with Crippen molar-refractivity contribution < 1.29 is 12.8 Å². The average molecular weight is 320 g/mol. The number of hydrogen-bond donors (Lipinski definition) is 1. The molecule has 0 fully saturated rings. The lowest BCUT2D eigenvalue weighted by molar-refractivity contribution is 0.584. The van der Waals surface area contributed by atoms with E-state index in [4.69, 9.17) is 0 Å². The fraction of sp³-hybridized carbons (Fsp3) is 0.250. The maximum absolute atomic E-state index is 13.5. The number of anilines is 1. The largest absolute Gasteiger partial charge is 0.311 e. The lowest BCUT2D eigenvalue weighted by Crippen LogP contribution is -2.35. The lowest BCUT2D eigenvalue weighted by atomic mass is 10.2. The summed E-state index contributed by atoms with van der Waals surface area (Å²) in [7, 11) is -3.80. The van der Waals surface area contributed by atoms with Gasteiger partial charge in [0, 0.05) is 19.6 Å². The number of para-hydroxylation sites is 1. The molecular formula is C16H17FN2O2S. The number of benzene rings is 2. The van der Waals surface area contributed by atoms with Gasteiger partial charge in [-0.3, -0.25) is 4.31 Å². The minimum Gasteiger partial charge on any atom is -0.311 e. The second-order valence-corrected chi connectivity index (χ2v) is 7.12. The highest BCUT2D eigenvalue weighted by Gasteiger charge is 2.29. The number of halogens is 1. The molecule has 1 N–H and O–H groups in total. The SMILES string of the molecule is Cc1ccc(F)cc1S(=O)(=O)N1CCNCc2ccccc21. The van der Waals surface area contributed by atoms with Crippen LogP contribution in [0, 0.1) is 12.7 Å². The van der Waals surface area contributed by atoms with E-state index in [0.29, 0.717) is 30.9 Å². The topological polar surface area (TPSA) is 49.4 Å². The van der Waals surface area contributed by atoms with Gasteiger partial charge in [0.1, 0.15) is 5.82 Å². The summed E-state index contributed by atoms with van der Waals surface area (Å²) in [6.45, 7) is 3.15. The van der Waals surface area contributed by atoms with Crippen LogP contribution in [0.1, 0.15) is 11.1 Å². The second kappa shape index (κ2) is 5.70. The molecule has 2 aromatic carbocycles. The van der Waals surface area contributed by atoms with Crippen LogP contribution in [0.15, 0.2) is 47.4 Å². The Hall–Kier alpha value is -1.92. The summed E-state index contributed by atoms with van der Waals surface area (Å²) >= 11 is 0. The molecular weight excluding hydrogens is 303 g/mol. The van der Waals surface area contributed by atoms with Crippen LogP contribution in [0.3, 0.4) is 0 Å². The van der Waals surface area contributed by atoms with Crippen LogP contribution in [0.25, 0.3) is 0 Å². The number of nitrogens with zero attached hydrogens (tertiary/aromatic N) is 1. The molecule has 116 valence electrons. The van der Waals surface area contributed by atoms with E-state index in [2.05, 4.69) is 5.32 Å². The second-order valence-electron chi connectivity index (χ2n) is 5.29. The molecule has 6 heteroatoms. The van der Waals surface area contributed by atoms with E-state index in [1.165, 1.54) is 16.4 Å². The standard InChI is InChI=1S/C16H17FN2O2S/c1-12-6-7-14(17)10-16(12)22(20,21)19-9-8-18-11-13-4-2-3-5-15(13)19/h2-7,10,18H,8-9,11H2,1H3. The summed E-state index contributed by atoms with van der Waals surface area (Å²) in [6.07, 6.45) is 0. The molecule has 0 aromatic heterocycles. The van der Waals surface area contributed by atoms with Crippen molar-refractivity contribution in [3.05, 3.63) is 59.4 Å². The molecule has 0 bridgehead atoms. The smallest absolute Gasteiger partial charge is 0.264 e. The van der Waals surface area contributed by atoms with Gasteiger partial charge in [-0.2, -0.15) is 0 Å². The van der Waals surface area contributed by atoms with Crippen molar-refractivity contribution in [3.63, 3.8) is 0 Å². The molecule has 1 heterocycles. The number of sulfonamides is 1. The van der Waals surface area contributed by atoms with Gasteiger partial charge in [-0.05, 0) is 36.2 Å². The van der Waals surface area contributed by atoms with Gasteiger partial charge in [-0.15, -0.1) is 0 Å². The molecule has 2 aromatic rings. The van der Waals surface area contributed by atoms with Crippen LogP contribution in [0.5, 0.6) is 0 Å². The zero-order valence-electron chi connectivity index (χ0n) is 12.2. The molecule has 4 nitrogen and oxygen atoms in total. The summed E-state index contributed by atoms with van der Waals surface area (Å²) in [6, 6.07) is 11.2. The first-order valence-corrected chi connectivity index (χ1v) is 8.51. The molecule has 0 atom stereocenters. The molecule has 1 aliphatic rings. The average Bonchev–Trinajstić information content (AvgIpc) is 2.72. The molecule has 3 rings (SSSR count). The van der Waals surface area contributed by atoms with Gasteiger partial charge < -0.3 is 5.32 Å². The summed E-state index contributed by atoms with van der Waals surface area (Å²) < 4.78 is 40.9. The Labute approximate surface area is 129 Å². The lowest BCUT2D eigenvalue weighted by Gasteiger charge is -2.25. The molecule has 0 spiro atoms. The number of hydrogen-bond acceptors (Lipinski definition) is 3. The van der Waals surface area contributed by atoms with Crippen molar-refractivity contribution in [1.29, 1.82) is 0 Å². The molecule has 1 aliphatic heterocycles. The highest BCUT2D eigenvalue weighted by molar-refractivity contribution is 7.92. The zero-order valence-corrected chi connectivity index (χ0v) is 13.0. The van der Waals surface area contributed by atoms with Gasteiger partial charge in [0.2, 0.25) is 0 Å². The normalized spacial score (nSPS) is 15.3. The monoisotopic (exact) mass is 320 g/mol. The Morgan fingerprint density at radius 2 is 1.95 bits per heavy atom. The van der Waals surface area contributed by atoms with Crippen molar-refractivity contribution in [2.24, 2.45) is 0 Å². The molecule has 0 saturated carbocycles. The van der Waals surface area contributed by atoms with Crippen molar-refractivity contribution in [3.8, 4) is 0 Å². The molecule has 0 saturated heterocycles. The Kier molecular flexibility index (Phi) is 3.88. The van der Waals surface area contributed by atoms with Crippen LogP contribution < -0.4 is 9.62 Å². The Morgan fingerprint density at radius 3 is 2.77 bits per heavy atom. The van der Waals surface area contributed by atoms with Crippen LogP contribution in [0.2, 0.25) is 0 Å². The minimum absolute atomic E-state index is 0.0178. The predicted molar refractivity (Wildman–Crippen MR) is 83.8 cm³/mol. The Bertz CT molecular complexity index is 806. The summed E-state index contributed by atoms with van der Waals surface area (Å²) in [5.41, 5.74) is 2.10. The number of rotatable bonds is 2. The number of aryl methyl sites for hydroxylation is 1. The van der Waals surface area contributed by atoms with Crippen molar-refractivity contribution in [2.75, 3.05) is 17.4 Å². The first kappa shape index (κ1) is 15.0. The van der Waals surface area contributed by atoms with Gasteiger partial charge in [-0.25, -0.2) is 12.8 Å². The molecule has 0 aliphatic carbocycles. The summed E-state index contributed by atoms with van der Waals surface area (Å²) in [4.78, 5) is 0.0178. The summed E-state index contributed by atoms with van der Waals surface area (Å²) in [5.74, 6) is -0.551. The predicted octanol–water partition coefficient (Wildman–Crippen LogP) is 2.43. The first-order valence-electron chi connectivity index (χ1n) is 7.07. The van der Waals surface area contributed by atoms with E-state index < -0.39 is 15.8 Å². The Balaban J connectivity index is 2.15. The van der Waals surface area contributed by atoms with Crippen molar-refractivity contribution in [2.45, 2.75) is 18.4 Å². The molecule has 0 amide bonds. The molecule has 22 heavy (non-hydrogen) atoms. The van der Waals surface area contributed by atoms with Gasteiger partial charge >= 0.3 is 0 Å². The van der Waals surface area contributed by atoms with Gasteiger partial charge in [0.15, 0.2) is 0 Å². The van der Waals surface area contributed by atoms with Gasteiger partial charge in [0.25, 0.3) is 10.0 Å². The van der Waals surface area contributed by atoms with Crippen LogP contribution >= 0.6 is 0 Å². The van der Waals surface area contributed by atoms with E-state index in [1.807, 2.05) is 18.2 Å². The van der Waals surface area contributed by atoms with E-state index >= 15 is 0 Å². The van der Waals surface area contributed by atoms with E-state index in [9.17, 15) is 12.8 Å². The zero-order chi connectivity index (χ0) is 15.7. The third-order valence-corrected chi connectivity index (χ3v) is 5.74. The van der Waals surface area contributed by atoms with E-state index in [1.54, 1.807) is 13.0 Å². The van der Waals surface area contributed by atoms with E-state index in [-0.39, 0.29) is 4.90 Å². The van der Waals surface area contributed by atoms with Crippen molar-refractivity contribution in [1.82, 2.24) is 5.32 Å². The van der Waals surface area contributed by atoms with Crippen LogP contribution in [-0.4, -0.2) is 21.5 Å². The van der Waals surface area contributed by atoms with Crippen molar-refractivity contribution >= 4 is 15.7 Å². The van der Waals surface area contributed by atoms with Gasteiger partial charge in [0.05, 0.1) is 10.6 Å². The Morgan fingerprint density at radius 1 is 1.18 bits per heavy atom. The molecule has 0 radical (unpaired) electrons. The fourth-order valence-electron chi connectivity index (χ4n) is 2.65. The fourth-order valence-corrected chi connectivity index (χ4v) is 4.39. The number of nitrogens with one attached hydrogen (secondary N) is 1. The maximum Gasteiger partial charge on any atom is 0.264 e. The molecule has 0 unspecified atom stereocenters.